The summed E-state index contributed by atoms with van der Waals surface area (Å²) in [6, 6.07) is 0. The first-order valence-electron chi connectivity index (χ1n) is 11.9. The summed E-state index contributed by atoms with van der Waals surface area (Å²) in [7, 11) is 0. The third-order valence-corrected chi connectivity index (χ3v) is 4.97. The number of unbranched alkanes of at least 4 members (excludes halogenated alkanes) is 16. The van der Waals surface area contributed by atoms with E-state index in [1.54, 1.807) is 0 Å². The molecule has 177 valence electrons. The number of carboxylic acids is 2. The van der Waals surface area contributed by atoms with Gasteiger partial charge in [0.15, 0.2) is 0 Å². The summed E-state index contributed by atoms with van der Waals surface area (Å²) in [6.45, 7) is 4.44. The maximum atomic E-state index is 10.1. The SMILES string of the molecule is CCCCCCCCCCCC(=O)[O-].CCCCCCCCCCCC(=O)[O-].[Ag+2]. The van der Waals surface area contributed by atoms with Crippen molar-refractivity contribution in [3.8, 4) is 0 Å². The molecule has 0 heterocycles. The van der Waals surface area contributed by atoms with Crippen LogP contribution in [0.1, 0.15) is 142 Å². The van der Waals surface area contributed by atoms with Crippen LogP contribution >= 0.6 is 0 Å². The minimum atomic E-state index is -0.909. The van der Waals surface area contributed by atoms with E-state index in [1.165, 1.54) is 89.9 Å². The maximum absolute atomic E-state index is 10.1. The molecule has 0 fully saturated rings. The molecule has 4 nitrogen and oxygen atoms in total. The van der Waals surface area contributed by atoms with E-state index < -0.39 is 11.9 Å². The smallest absolute Gasteiger partial charge is 0.550 e. The Morgan fingerprint density at radius 2 is 0.655 bits per heavy atom. The van der Waals surface area contributed by atoms with Gasteiger partial charge in [0.25, 0.3) is 0 Å². The summed E-state index contributed by atoms with van der Waals surface area (Å²) in [6.07, 6.45) is 22.3. The van der Waals surface area contributed by atoms with E-state index in [-0.39, 0.29) is 35.2 Å². The van der Waals surface area contributed by atoms with Crippen LogP contribution in [0.25, 0.3) is 0 Å². The number of hydrogen-bond donors (Lipinski definition) is 0. The van der Waals surface area contributed by atoms with Gasteiger partial charge < -0.3 is 19.8 Å². The number of aliphatic carboxylic acids is 2. The fourth-order valence-electron chi connectivity index (χ4n) is 3.16. The first kappa shape index (κ1) is 33.3. The van der Waals surface area contributed by atoms with Crippen molar-refractivity contribution in [3.63, 3.8) is 0 Å². The predicted molar refractivity (Wildman–Crippen MR) is 114 cm³/mol. The summed E-state index contributed by atoms with van der Waals surface area (Å²) >= 11 is 0. The first-order valence-corrected chi connectivity index (χ1v) is 11.9. The molecule has 0 bridgehead atoms. The normalized spacial score (nSPS) is 10.0. The second-order valence-electron chi connectivity index (χ2n) is 7.90. The van der Waals surface area contributed by atoms with Gasteiger partial charge in [-0.2, -0.15) is 0 Å². The quantitative estimate of drug-likeness (QED) is 0.166. The van der Waals surface area contributed by atoms with E-state index in [2.05, 4.69) is 13.8 Å². The van der Waals surface area contributed by atoms with Gasteiger partial charge in [-0.05, 0) is 25.7 Å². The van der Waals surface area contributed by atoms with Crippen LogP contribution in [0.2, 0.25) is 0 Å². The Kier molecular flexibility index (Phi) is 34.3. The molecule has 0 rings (SSSR count). The molecule has 0 N–H and O–H groups in total. The molecule has 0 saturated heterocycles. The topological polar surface area (TPSA) is 80.3 Å². The van der Waals surface area contributed by atoms with Crippen LogP contribution < -0.4 is 10.2 Å². The van der Waals surface area contributed by atoms with E-state index in [0.29, 0.717) is 0 Å². The molecule has 0 saturated carbocycles. The number of carboxylic acid groups (broad SMARTS) is 2. The van der Waals surface area contributed by atoms with Crippen LogP contribution in [0.4, 0.5) is 0 Å². The third kappa shape index (κ3) is 38.8. The van der Waals surface area contributed by atoms with Crippen molar-refractivity contribution in [3.05, 3.63) is 0 Å². The Labute approximate surface area is 196 Å². The number of carbonyl (C=O) groups excluding carboxylic acids is 2. The molecule has 29 heavy (non-hydrogen) atoms. The standard InChI is InChI=1S/2C12H24O2.Ag/c2*1-2-3-4-5-6-7-8-9-10-11-12(13)14;/h2*2-11H2,1H3,(H,13,14);/q;;+2/p-2. The zero-order chi connectivity index (χ0) is 21.3. The molecule has 0 aromatic heterocycles. The van der Waals surface area contributed by atoms with Crippen molar-refractivity contribution in [1.29, 1.82) is 0 Å². The Morgan fingerprint density at radius 1 is 0.448 bits per heavy atom. The Bertz CT molecular complexity index is 303. The Morgan fingerprint density at radius 3 is 0.862 bits per heavy atom. The minimum absolute atomic E-state index is 0. The predicted octanol–water partition coefficient (Wildman–Crippen LogP) is 5.31. The summed E-state index contributed by atoms with van der Waals surface area (Å²) in [4.78, 5) is 20.2. The fourth-order valence-corrected chi connectivity index (χ4v) is 3.16. The second-order valence-corrected chi connectivity index (χ2v) is 7.90. The van der Waals surface area contributed by atoms with Crippen LogP contribution in [-0.4, -0.2) is 11.9 Å². The van der Waals surface area contributed by atoms with E-state index >= 15 is 0 Å². The summed E-state index contributed by atoms with van der Waals surface area (Å²) in [5.74, 6) is -1.82. The molecule has 0 amide bonds. The molecule has 0 unspecified atom stereocenters. The van der Waals surface area contributed by atoms with E-state index in [4.69, 9.17) is 0 Å². The van der Waals surface area contributed by atoms with Crippen molar-refractivity contribution < 1.29 is 42.2 Å². The van der Waals surface area contributed by atoms with Crippen molar-refractivity contribution in [1.82, 2.24) is 0 Å². The number of hydrogen-bond acceptors (Lipinski definition) is 4. The summed E-state index contributed by atoms with van der Waals surface area (Å²) in [5.41, 5.74) is 0. The third-order valence-electron chi connectivity index (χ3n) is 4.97. The molecule has 0 spiro atoms. The van der Waals surface area contributed by atoms with Crippen molar-refractivity contribution in [2.75, 3.05) is 0 Å². The molecular formula is C24H46AgO4. The largest absolute Gasteiger partial charge is 2.00 e. The van der Waals surface area contributed by atoms with Crippen LogP contribution in [0.5, 0.6) is 0 Å². The van der Waals surface area contributed by atoms with Crippen molar-refractivity contribution in [2.24, 2.45) is 0 Å². The van der Waals surface area contributed by atoms with Gasteiger partial charge >= 0.3 is 22.4 Å². The van der Waals surface area contributed by atoms with E-state index in [0.717, 1.165) is 25.7 Å². The first-order chi connectivity index (χ1) is 13.5. The molecule has 1 radical (unpaired) electrons. The van der Waals surface area contributed by atoms with Gasteiger partial charge in [0.2, 0.25) is 0 Å². The van der Waals surface area contributed by atoms with Gasteiger partial charge in [-0.15, -0.1) is 0 Å². The van der Waals surface area contributed by atoms with Gasteiger partial charge in [0, 0.05) is 11.9 Å². The van der Waals surface area contributed by atoms with Gasteiger partial charge in [0.1, 0.15) is 0 Å². The van der Waals surface area contributed by atoms with Crippen LogP contribution in [0.15, 0.2) is 0 Å². The zero-order valence-corrected chi connectivity index (χ0v) is 20.6. The summed E-state index contributed by atoms with van der Waals surface area (Å²) in [5, 5.41) is 20.2. The van der Waals surface area contributed by atoms with Crippen LogP contribution in [-0.2, 0) is 32.0 Å². The van der Waals surface area contributed by atoms with Gasteiger partial charge in [-0.3, -0.25) is 0 Å². The molecular weight excluding hydrogens is 460 g/mol. The Balaban J connectivity index is -0.000000451. The van der Waals surface area contributed by atoms with E-state index in [9.17, 15) is 19.8 Å². The Hall–Kier alpha value is -0.320. The van der Waals surface area contributed by atoms with Crippen LogP contribution in [0.3, 0.4) is 0 Å². The summed E-state index contributed by atoms with van der Waals surface area (Å²) < 4.78 is 0. The average Bonchev–Trinajstić information content (AvgIpc) is 2.65. The number of rotatable bonds is 20. The van der Waals surface area contributed by atoms with Crippen molar-refractivity contribution >= 4 is 11.9 Å². The van der Waals surface area contributed by atoms with Gasteiger partial charge in [-0.25, -0.2) is 0 Å². The molecule has 0 aliphatic rings. The number of carbonyl (C=O) groups is 2. The monoisotopic (exact) mass is 505 g/mol. The van der Waals surface area contributed by atoms with Gasteiger partial charge in [0.05, 0.1) is 0 Å². The fraction of sp³-hybridized carbons (Fsp3) is 0.917. The zero-order valence-electron chi connectivity index (χ0n) is 19.1. The van der Waals surface area contributed by atoms with Gasteiger partial charge in [-0.1, -0.05) is 117 Å². The van der Waals surface area contributed by atoms with Crippen LogP contribution in [0, 0.1) is 0 Å². The molecule has 5 heteroatoms. The molecule has 0 aromatic rings. The second kappa shape index (κ2) is 29.9. The maximum Gasteiger partial charge on any atom is 2.00 e. The molecule has 0 aliphatic heterocycles. The van der Waals surface area contributed by atoms with E-state index in [1.807, 2.05) is 0 Å². The molecule has 0 aromatic carbocycles. The van der Waals surface area contributed by atoms with Crippen molar-refractivity contribution in [2.45, 2.75) is 142 Å². The molecule has 0 aliphatic carbocycles. The average molecular weight is 506 g/mol. The molecule has 0 atom stereocenters. The minimum Gasteiger partial charge on any atom is -0.550 e.